The van der Waals surface area contributed by atoms with Gasteiger partial charge in [-0.05, 0) is 54.1 Å². The Morgan fingerprint density at radius 1 is 1.41 bits per heavy atom. The molecule has 0 spiro atoms. The molecule has 1 aromatic rings. The summed E-state index contributed by atoms with van der Waals surface area (Å²) in [6.07, 6.45) is 10.4. The number of aromatic nitrogens is 1. The van der Waals surface area contributed by atoms with Crippen LogP contribution < -0.4 is 5.32 Å². The summed E-state index contributed by atoms with van der Waals surface area (Å²) in [4.78, 5) is 4.25. The van der Waals surface area contributed by atoms with Crippen LogP contribution in [0.2, 0.25) is 5.02 Å². The Hall–Kier alpha value is -0.540. The van der Waals surface area contributed by atoms with Crippen LogP contribution in [0.1, 0.15) is 32.1 Å². The number of rotatable bonds is 4. The maximum atomic E-state index is 6.08. The molecule has 1 heterocycles. The first-order chi connectivity index (χ1) is 8.25. The van der Waals surface area contributed by atoms with Gasteiger partial charge >= 0.3 is 0 Å². The predicted molar refractivity (Wildman–Crippen MR) is 76.6 cm³/mol. The van der Waals surface area contributed by atoms with Gasteiger partial charge in [0.05, 0.1) is 5.02 Å². The molecule has 0 fully saturated rings. The molecule has 17 heavy (non-hydrogen) atoms. The van der Waals surface area contributed by atoms with Gasteiger partial charge in [-0.2, -0.15) is 0 Å². The number of hydrogen-bond acceptors (Lipinski definition) is 2. The fourth-order valence-corrected chi connectivity index (χ4v) is 2.71. The van der Waals surface area contributed by atoms with Gasteiger partial charge < -0.3 is 5.32 Å². The molecule has 0 bridgehead atoms. The van der Waals surface area contributed by atoms with Crippen molar-refractivity contribution >= 4 is 33.3 Å². The normalized spacial score (nSPS) is 15.5. The first-order valence-electron chi connectivity index (χ1n) is 5.98. The Bertz CT molecular complexity index is 418. The van der Waals surface area contributed by atoms with Crippen LogP contribution in [0.25, 0.3) is 0 Å². The molecule has 1 aliphatic rings. The van der Waals surface area contributed by atoms with Gasteiger partial charge in [0.15, 0.2) is 0 Å². The van der Waals surface area contributed by atoms with Crippen molar-refractivity contribution in [3.8, 4) is 0 Å². The fourth-order valence-electron chi connectivity index (χ4n) is 2.02. The van der Waals surface area contributed by atoms with Crippen molar-refractivity contribution in [3.05, 3.63) is 33.4 Å². The van der Waals surface area contributed by atoms with Crippen molar-refractivity contribution in [1.82, 2.24) is 4.98 Å². The topological polar surface area (TPSA) is 24.9 Å². The monoisotopic (exact) mass is 314 g/mol. The van der Waals surface area contributed by atoms with Crippen molar-refractivity contribution in [3.63, 3.8) is 0 Å². The molecule has 0 radical (unpaired) electrons. The number of nitrogens with zero attached hydrogens (tertiary/aromatic N) is 1. The van der Waals surface area contributed by atoms with E-state index in [2.05, 4.69) is 32.3 Å². The van der Waals surface area contributed by atoms with Gasteiger partial charge in [-0.3, -0.25) is 0 Å². The van der Waals surface area contributed by atoms with Crippen LogP contribution in [-0.2, 0) is 0 Å². The van der Waals surface area contributed by atoms with E-state index in [1.54, 1.807) is 11.8 Å². The lowest BCUT2D eigenvalue weighted by molar-refractivity contribution is 0.679. The summed E-state index contributed by atoms with van der Waals surface area (Å²) in [5, 5.41) is 3.95. The molecule has 2 rings (SSSR count). The zero-order valence-electron chi connectivity index (χ0n) is 9.68. The van der Waals surface area contributed by atoms with Crippen LogP contribution in [0.3, 0.4) is 0 Å². The maximum Gasteiger partial charge on any atom is 0.144 e. The smallest absolute Gasteiger partial charge is 0.144 e. The zero-order valence-corrected chi connectivity index (χ0v) is 12.0. The first kappa shape index (κ1) is 12.9. The van der Waals surface area contributed by atoms with E-state index in [9.17, 15) is 0 Å². The number of nitrogens with one attached hydrogen (secondary N) is 1. The fraction of sp³-hybridized carbons (Fsp3) is 0.462. The molecule has 4 heteroatoms. The van der Waals surface area contributed by atoms with Crippen molar-refractivity contribution in [2.45, 2.75) is 32.1 Å². The van der Waals surface area contributed by atoms with E-state index in [0.717, 1.165) is 23.3 Å². The highest BCUT2D eigenvalue weighted by Crippen LogP contribution is 2.24. The molecule has 0 aliphatic heterocycles. The number of pyridine rings is 1. The first-order valence-corrected chi connectivity index (χ1v) is 7.15. The van der Waals surface area contributed by atoms with Gasteiger partial charge in [-0.25, -0.2) is 4.98 Å². The standard InChI is InChI=1S/C13H16BrClN2/c14-11-8-12(15)13(17-9-11)16-7-6-10-4-2-1-3-5-10/h4,8-9H,1-3,5-7H2,(H,16,17). The van der Waals surface area contributed by atoms with Gasteiger partial charge in [-0.1, -0.05) is 23.3 Å². The Balaban J connectivity index is 1.83. The SMILES string of the molecule is Clc1cc(Br)cnc1NCCC1=CCCCC1. The summed E-state index contributed by atoms with van der Waals surface area (Å²) in [5.41, 5.74) is 1.57. The van der Waals surface area contributed by atoms with E-state index < -0.39 is 0 Å². The summed E-state index contributed by atoms with van der Waals surface area (Å²) in [6, 6.07) is 1.86. The van der Waals surface area contributed by atoms with Crippen LogP contribution in [-0.4, -0.2) is 11.5 Å². The molecular formula is C13H16BrClN2. The average Bonchev–Trinajstić information content (AvgIpc) is 2.33. The molecule has 92 valence electrons. The minimum atomic E-state index is 0.664. The third-order valence-electron chi connectivity index (χ3n) is 2.93. The summed E-state index contributed by atoms with van der Waals surface area (Å²) in [6.45, 7) is 0.903. The van der Waals surface area contributed by atoms with Gasteiger partial charge in [0.25, 0.3) is 0 Å². The zero-order chi connectivity index (χ0) is 12.1. The Labute approximate surface area is 116 Å². The molecule has 0 unspecified atom stereocenters. The van der Waals surface area contributed by atoms with E-state index >= 15 is 0 Å². The third-order valence-corrected chi connectivity index (χ3v) is 3.65. The molecule has 0 aromatic carbocycles. The number of hydrogen-bond donors (Lipinski definition) is 1. The highest BCUT2D eigenvalue weighted by Gasteiger charge is 2.05. The maximum absolute atomic E-state index is 6.08. The van der Waals surface area contributed by atoms with Crippen LogP contribution in [0.15, 0.2) is 28.4 Å². The van der Waals surface area contributed by atoms with E-state index in [1.807, 2.05) is 6.07 Å². The molecule has 0 saturated heterocycles. The van der Waals surface area contributed by atoms with Gasteiger partial charge in [0.1, 0.15) is 5.82 Å². The summed E-state index contributed by atoms with van der Waals surface area (Å²) in [7, 11) is 0. The quantitative estimate of drug-likeness (QED) is 0.807. The van der Waals surface area contributed by atoms with Crippen LogP contribution in [0.4, 0.5) is 5.82 Å². The van der Waals surface area contributed by atoms with Gasteiger partial charge in [0.2, 0.25) is 0 Å². The van der Waals surface area contributed by atoms with Crippen molar-refractivity contribution in [1.29, 1.82) is 0 Å². The van der Waals surface area contributed by atoms with E-state index in [4.69, 9.17) is 11.6 Å². The van der Waals surface area contributed by atoms with Crippen LogP contribution in [0, 0.1) is 0 Å². The second-order valence-corrected chi connectivity index (χ2v) is 5.59. The van der Waals surface area contributed by atoms with Crippen molar-refractivity contribution in [2.75, 3.05) is 11.9 Å². The highest BCUT2D eigenvalue weighted by molar-refractivity contribution is 9.10. The molecular weight excluding hydrogens is 300 g/mol. The second-order valence-electron chi connectivity index (χ2n) is 4.27. The lowest BCUT2D eigenvalue weighted by atomic mass is 9.97. The predicted octanol–water partition coefficient (Wildman–Crippen LogP) is 4.80. The summed E-state index contributed by atoms with van der Waals surface area (Å²) in [5.74, 6) is 0.770. The molecule has 1 N–H and O–H groups in total. The summed E-state index contributed by atoms with van der Waals surface area (Å²) < 4.78 is 0.906. The number of anilines is 1. The minimum Gasteiger partial charge on any atom is -0.369 e. The Kier molecular flexibility index (Phi) is 4.86. The molecule has 0 amide bonds. The van der Waals surface area contributed by atoms with E-state index in [-0.39, 0.29) is 0 Å². The Morgan fingerprint density at radius 3 is 3.00 bits per heavy atom. The number of halogens is 2. The highest BCUT2D eigenvalue weighted by atomic mass is 79.9. The lowest BCUT2D eigenvalue weighted by Gasteiger charge is -2.13. The average molecular weight is 316 g/mol. The third kappa shape index (κ3) is 4.00. The van der Waals surface area contributed by atoms with E-state index in [0.29, 0.717) is 5.02 Å². The molecule has 0 atom stereocenters. The molecule has 1 aliphatic carbocycles. The molecule has 1 aromatic heterocycles. The Morgan fingerprint density at radius 2 is 2.29 bits per heavy atom. The molecule has 0 saturated carbocycles. The van der Waals surface area contributed by atoms with Gasteiger partial charge in [-0.15, -0.1) is 0 Å². The van der Waals surface area contributed by atoms with Crippen molar-refractivity contribution in [2.24, 2.45) is 0 Å². The minimum absolute atomic E-state index is 0.664. The largest absolute Gasteiger partial charge is 0.369 e. The molecule has 2 nitrogen and oxygen atoms in total. The van der Waals surface area contributed by atoms with Gasteiger partial charge in [0, 0.05) is 17.2 Å². The number of allylic oxidation sites excluding steroid dienone is 1. The van der Waals surface area contributed by atoms with Crippen molar-refractivity contribution < 1.29 is 0 Å². The van der Waals surface area contributed by atoms with Crippen LogP contribution in [0.5, 0.6) is 0 Å². The lowest BCUT2D eigenvalue weighted by Crippen LogP contribution is -2.06. The van der Waals surface area contributed by atoms with E-state index in [1.165, 1.54) is 25.7 Å². The van der Waals surface area contributed by atoms with Crippen LogP contribution >= 0.6 is 27.5 Å². The summed E-state index contributed by atoms with van der Waals surface area (Å²) >= 11 is 9.42. The second kappa shape index (κ2) is 6.41.